The number of carbonyl (C=O) groups is 2. The number of aliphatic hydroxyl groups is 1. The Morgan fingerprint density at radius 2 is 1.97 bits per heavy atom. The van der Waals surface area contributed by atoms with Gasteiger partial charge in [0.05, 0.1) is 6.04 Å². The minimum atomic E-state index is -2.48. The highest BCUT2D eigenvalue weighted by molar-refractivity contribution is 6.00. The van der Waals surface area contributed by atoms with Crippen molar-refractivity contribution >= 4 is 11.8 Å². The van der Waals surface area contributed by atoms with Crippen molar-refractivity contribution in [3.8, 4) is 0 Å². The lowest BCUT2D eigenvalue weighted by molar-refractivity contribution is -0.141. The second-order valence-electron chi connectivity index (χ2n) is 10.9. The van der Waals surface area contributed by atoms with Gasteiger partial charge in [-0.2, -0.15) is 0 Å². The van der Waals surface area contributed by atoms with Gasteiger partial charge in [0.25, 0.3) is 0 Å². The van der Waals surface area contributed by atoms with Crippen LogP contribution >= 0.6 is 0 Å². The van der Waals surface area contributed by atoms with Crippen molar-refractivity contribution in [3.63, 3.8) is 0 Å². The molecule has 5 rings (SSSR count). The maximum atomic E-state index is 13.3. The molecule has 2 aliphatic heterocycles. The molecule has 3 N–H and O–H groups in total. The van der Waals surface area contributed by atoms with Gasteiger partial charge >= 0.3 is 0 Å². The van der Waals surface area contributed by atoms with E-state index >= 15 is 0 Å². The minimum Gasteiger partial charge on any atom is -0.374 e. The number of nitrogens with one attached hydrogen (secondary N) is 2. The van der Waals surface area contributed by atoms with Crippen LogP contribution in [-0.4, -0.2) is 45.9 Å². The first-order valence-corrected chi connectivity index (χ1v) is 12.7. The van der Waals surface area contributed by atoms with Crippen LogP contribution in [0.1, 0.15) is 81.2 Å². The van der Waals surface area contributed by atoms with E-state index in [0.717, 1.165) is 30.4 Å². The maximum Gasteiger partial charge on any atom is 0.248 e. The van der Waals surface area contributed by atoms with Gasteiger partial charge in [-0.05, 0) is 61.1 Å². The summed E-state index contributed by atoms with van der Waals surface area (Å²) in [5.41, 5.74) is 3.06. The number of halogens is 2. The highest BCUT2D eigenvalue weighted by Gasteiger charge is 2.48. The molecule has 5 atom stereocenters. The first-order valence-electron chi connectivity index (χ1n) is 12.7. The lowest BCUT2D eigenvalue weighted by Gasteiger charge is -2.42. The van der Waals surface area contributed by atoms with E-state index in [9.17, 15) is 23.5 Å². The van der Waals surface area contributed by atoms with Gasteiger partial charge in [-0.1, -0.05) is 31.0 Å². The molecule has 8 heteroatoms. The van der Waals surface area contributed by atoms with Crippen molar-refractivity contribution in [1.82, 2.24) is 15.5 Å². The normalized spacial score (nSPS) is 32.7. The zero-order valence-electron chi connectivity index (χ0n) is 19.7. The Hall–Kier alpha value is -1.90. The van der Waals surface area contributed by atoms with Crippen LogP contribution in [0.5, 0.6) is 0 Å². The number of hydrogen-bond acceptors (Lipinski definition) is 5. The van der Waals surface area contributed by atoms with E-state index in [1.807, 2.05) is 13.0 Å². The molecule has 6 nitrogen and oxygen atoms in total. The predicted octanol–water partition coefficient (Wildman–Crippen LogP) is 3.42. The largest absolute Gasteiger partial charge is 0.374 e. The topological polar surface area (TPSA) is 81.7 Å². The molecule has 2 saturated carbocycles. The molecule has 0 aromatic heterocycles. The first-order chi connectivity index (χ1) is 16.2. The highest BCUT2D eigenvalue weighted by Crippen LogP contribution is 2.44. The van der Waals surface area contributed by atoms with Crippen LogP contribution in [0, 0.1) is 11.8 Å². The van der Waals surface area contributed by atoms with Crippen molar-refractivity contribution in [3.05, 3.63) is 34.9 Å². The predicted molar refractivity (Wildman–Crippen MR) is 123 cm³/mol. The van der Waals surface area contributed by atoms with Crippen LogP contribution in [0.2, 0.25) is 0 Å². The molecule has 186 valence electrons. The summed E-state index contributed by atoms with van der Waals surface area (Å²) in [5.74, 6) is -2.57. The van der Waals surface area contributed by atoms with E-state index in [-0.39, 0.29) is 43.0 Å². The van der Waals surface area contributed by atoms with Crippen LogP contribution in [0.15, 0.2) is 18.2 Å². The molecule has 2 amide bonds. The number of aliphatic hydroxyl groups excluding tert-OH is 1. The monoisotopic (exact) mass is 475 g/mol. The molecule has 2 aliphatic carbocycles. The molecular weight excluding hydrogens is 440 g/mol. The minimum absolute atomic E-state index is 0.00458. The molecule has 3 fully saturated rings. The van der Waals surface area contributed by atoms with Gasteiger partial charge in [0.2, 0.25) is 17.7 Å². The third kappa shape index (κ3) is 4.77. The van der Waals surface area contributed by atoms with Crippen LogP contribution in [-0.2, 0) is 22.6 Å². The van der Waals surface area contributed by atoms with Crippen molar-refractivity contribution in [2.24, 2.45) is 11.8 Å². The zero-order valence-corrected chi connectivity index (χ0v) is 19.7. The van der Waals surface area contributed by atoms with Crippen molar-refractivity contribution in [2.45, 2.75) is 102 Å². The number of nitrogens with zero attached hydrogens (tertiary/aromatic N) is 1. The van der Waals surface area contributed by atoms with E-state index in [4.69, 9.17) is 0 Å². The number of imide groups is 1. The van der Waals surface area contributed by atoms with E-state index in [0.29, 0.717) is 24.9 Å². The lowest BCUT2D eigenvalue weighted by atomic mass is 9.75. The maximum absolute atomic E-state index is 13.3. The Morgan fingerprint density at radius 3 is 2.71 bits per heavy atom. The lowest BCUT2D eigenvalue weighted by Crippen LogP contribution is -2.52. The molecule has 4 aliphatic rings. The molecule has 1 saturated heterocycles. The fourth-order valence-electron chi connectivity index (χ4n) is 6.42. The SMILES string of the molecule is C[C@@H](N[C@H]1CCCC[C@@H]1Cc1ccc2c(c1)CN(C1CCC(=O)NC1=O)C2O)C1CC(F)(F)C1. The second kappa shape index (κ2) is 9.28. The molecule has 1 aromatic rings. The van der Waals surface area contributed by atoms with Gasteiger partial charge in [-0.3, -0.25) is 19.8 Å². The van der Waals surface area contributed by atoms with Crippen LogP contribution < -0.4 is 10.6 Å². The molecule has 0 spiro atoms. The summed E-state index contributed by atoms with van der Waals surface area (Å²) in [6.45, 7) is 2.53. The number of rotatable bonds is 6. The fourth-order valence-corrected chi connectivity index (χ4v) is 6.42. The average molecular weight is 476 g/mol. The number of carbonyl (C=O) groups excluding carboxylic acids is 2. The Morgan fingerprint density at radius 1 is 1.21 bits per heavy atom. The molecular formula is C26H35F2N3O3. The summed E-state index contributed by atoms with van der Waals surface area (Å²) in [6, 6.07) is 6.10. The van der Waals surface area contributed by atoms with E-state index in [1.165, 1.54) is 18.4 Å². The van der Waals surface area contributed by atoms with Crippen molar-refractivity contribution < 1.29 is 23.5 Å². The molecule has 2 heterocycles. The number of benzene rings is 1. The van der Waals surface area contributed by atoms with Crippen molar-refractivity contribution in [1.29, 1.82) is 0 Å². The van der Waals surface area contributed by atoms with Crippen LogP contribution in [0.4, 0.5) is 8.78 Å². The summed E-state index contributed by atoms with van der Waals surface area (Å²) in [7, 11) is 0. The number of alkyl halides is 2. The number of amides is 2. The Balaban J connectivity index is 1.23. The summed E-state index contributed by atoms with van der Waals surface area (Å²) in [4.78, 5) is 25.6. The standard InChI is InChI=1S/C26H35F2N3O3/c1-15(19-12-26(27,28)13-19)29-21-5-3-2-4-17(21)10-16-6-7-20-18(11-16)14-31(25(20)34)22-8-9-23(32)30-24(22)33/h6-7,11,15,17,19,21-22,25,29,34H,2-5,8-10,12-14H2,1H3,(H,30,32,33)/t15-,17-,21+,22?,25?/m1/s1. The number of fused-ring (bicyclic) bond motifs is 1. The van der Waals surface area contributed by atoms with E-state index in [2.05, 4.69) is 22.8 Å². The van der Waals surface area contributed by atoms with Crippen LogP contribution in [0.25, 0.3) is 0 Å². The summed E-state index contributed by atoms with van der Waals surface area (Å²) < 4.78 is 26.7. The summed E-state index contributed by atoms with van der Waals surface area (Å²) in [6.07, 6.45) is 5.30. The molecule has 2 unspecified atom stereocenters. The summed E-state index contributed by atoms with van der Waals surface area (Å²) in [5, 5.41) is 16.9. The molecule has 34 heavy (non-hydrogen) atoms. The third-order valence-corrected chi connectivity index (χ3v) is 8.48. The summed E-state index contributed by atoms with van der Waals surface area (Å²) >= 11 is 0. The highest BCUT2D eigenvalue weighted by atomic mass is 19.3. The third-order valence-electron chi connectivity index (χ3n) is 8.48. The van der Waals surface area contributed by atoms with Gasteiger partial charge in [-0.15, -0.1) is 0 Å². The number of hydrogen-bond donors (Lipinski definition) is 3. The Bertz CT molecular complexity index is 947. The Kier molecular flexibility index (Phi) is 6.50. The zero-order chi connectivity index (χ0) is 24.0. The fraction of sp³-hybridized carbons (Fsp3) is 0.692. The van der Waals surface area contributed by atoms with Gasteiger partial charge in [0.1, 0.15) is 6.23 Å². The van der Waals surface area contributed by atoms with Gasteiger partial charge < -0.3 is 10.4 Å². The van der Waals surface area contributed by atoms with E-state index in [1.54, 1.807) is 4.90 Å². The molecule has 0 bridgehead atoms. The Labute approximate surface area is 199 Å². The van der Waals surface area contributed by atoms with Gasteiger partial charge in [-0.25, -0.2) is 8.78 Å². The van der Waals surface area contributed by atoms with Gasteiger partial charge in [0.15, 0.2) is 0 Å². The molecule has 0 radical (unpaired) electrons. The van der Waals surface area contributed by atoms with E-state index < -0.39 is 18.2 Å². The van der Waals surface area contributed by atoms with Gasteiger partial charge in [0, 0.05) is 37.9 Å². The average Bonchev–Trinajstić information content (AvgIpc) is 3.09. The quantitative estimate of drug-likeness (QED) is 0.550. The molecule has 1 aromatic carbocycles. The second-order valence-corrected chi connectivity index (χ2v) is 10.9. The van der Waals surface area contributed by atoms with Crippen LogP contribution in [0.3, 0.4) is 0 Å². The first kappa shape index (κ1) is 23.8. The number of piperidine rings is 1. The van der Waals surface area contributed by atoms with Crippen molar-refractivity contribution in [2.75, 3.05) is 0 Å². The smallest absolute Gasteiger partial charge is 0.248 e.